The molecule has 1 N–H and O–H groups in total. The van der Waals surface area contributed by atoms with Crippen LogP contribution in [0.4, 0.5) is 18.9 Å². The molecule has 1 saturated heterocycles. The highest BCUT2D eigenvalue weighted by molar-refractivity contribution is 9.10. The van der Waals surface area contributed by atoms with Gasteiger partial charge < -0.3 is 10.2 Å². The van der Waals surface area contributed by atoms with Gasteiger partial charge >= 0.3 is 6.18 Å². The van der Waals surface area contributed by atoms with Crippen molar-refractivity contribution in [2.75, 3.05) is 18.4 Å². The second kappa shape index (κ2) is 6.25. The lowest BCUT2D eigenvalue weighted by Crippen LogP contribution is -2.40. The van der Waals surface area contributed by atoms with E-state index in [-0.39, 0.29) is 11.6 Å². The number of benzene rings is 1. The summed E-state index contributed by atoms with van der Waals surface area (Å²) >= 11 is 3.15. The lowest BCUT2D eigenvalue weighted by molar-refractivity contribution is -0.137. The molecular formula is C14H16BrF3N2O. The molecule has 116 valence electrons. The Morgan fingerprint density at radius 2 is 1.95 bits per heavy atom. The zero-order valence-electron chi connectivity index (χ0n) is 11.5. The summed E-state index contributed by atoms with van der Waals surface area (Å²) in [6.07, 6.45) is -2.56. The topological polar surface area (TPSA) is 32.3 Å². The van der Waals surface area contributed by atoms with Gasteiger partial charge in [0.15, 0.2) is 0 Å². The summed E-state index contributed by atoms with van der Waals surface area (Å²) in [5, 5.41) is 2.69. The minimum Gasteiger partial charge on any atom is -0.373 e. The summed E-state index contributed by atoms with van der Waals surface area (Å²) in [5.41, 5.74) is -0.858. The van der Waals surface area contributed by atoms with Gasteiger partial charge in [-0.2, -0.15) is 13.2 Å². The molecule has 1 atom stereocenters. The molecule has 1 unspecified atom stereocenters. The van der Waals surface area contributed by atoms with Crippen molar-refractivity contribution in [3.63, 3.8) is 0 Å². The van der Waals surface area contributed by atoms with Gasteiger partial charge in [-0.1, -0.05) is 15.9 Å². The molecule has 2 rings (SSSR count). The fourth-order valence-electron chi connectivity index (χ4n) is 2.39. The standard InChI is InChI=1S/C14H16BrF3N2O/c1-9(13(21)20-6-2-3-7-20)19-12-8-10(15)4-5-11(12)14(16,17)18/h4-5,8-9,19H,2-3,6-7H2,1H3. The number of halogens is 4. The highest BCUT2D eigenvalue weighted by atomic mass is 79.9. The van der Waals surface area contributed by atoms with Gasteiger partial charge in [0, 0.05) is 23.2 Å². The molecule has 0 bridgehead atoms. The zero-order valence-corrected chi connectivity index (χ0v) is 13.1. The van der Waals surface area contributed by atoms with Crippen LogP contribution in [0.15, 0.2) is 22.7 Å². The number of carbonyl (C=O) groups is 1. The molecule has 0 saturated carbocycles. The van der Waals surface area contributed by atoms with E-state index < -0.39 is 17.8 Å². The summed E-state index contributed by atoms with van der Waals surface area (Å²) in [4.78, 5) is 13.8. The summed E-state index contributed by atoms with van der Waals surface area (Å²) in [6, 6.07) is 2.98. The Hall–Kier alpha value is -1.24. The lowest BCUT2D eigenvalue weighted by atomic mass is 10.1. The molecule has 1 aromatic carbocycles. The predicted molar refractivity (Wildman–Crippen MR) is 78.0 cm³/mol. The van der Waals surface area contributed by atoms with E-state index in [2.05, 4.69) is 21.2 Å². The van der Waals surface area contributed by atoms with Crippen LogP contribution in [0.3, 0.4) is 0 Å². The number of hydrogen-bond donors (Lipinski definition) is 1. The van der Waals surface area contributed by atoms with Crippen LogP contribution < -0.4 is 5.32 Å². The van der Waals surface area contributed by atoms with Crippen molar-refractivity contribution >= 4 is 27.5 Å². The fraction of sp³-hybridized carbons (Fsp3) is 0.500. The molecule has 0 aliphatic carbocycles. The van der Waals surface area contributed by atoms with Crippen molar-refractivity contribution in [3.8, 4) is 0 Å². The maximum Gasteiger partial charge on any atom is 0.418 e. The molecule has 1 aliphatic heterocycles. The van der Waals surface area contributed by atoms with Gasteiger partial charge in [-0.25, -0.2) is 0 Å². The number of alkyl halides is 3. The van der Waals surface area contributed by atoms with Crippen molar-refractivity contribution in [2.45, 2.75) is 32.0 Å². The first kappa shape index (κ1) is 16.1. The molecule has 1 fully saturated rings. The van der Waals surface area contributed by atoms with Crippen LogP contribution in [0.25, 0.3) is 0 Å². The normalized spacial score (nSPS) is 16.9. The van der Waals surface area contributed by atoms with E-state index in [4.69, 9.17) is 0 Å². The smallest absolute Gasteiger partial charge is 0.373 e. The number of carbonyl (C=O) groups excluding carboxylic acids is 1. The Bertz CT molecular complexity index is 527. The van der Waals surface area contributed by atoms with Gasteiger partial charge in [-0.3, -0.25) is 4.79 Å². The first-order valence-electron chi connectivity index (χ1n) is 6.71. The Labute approximate surface area is 129 Å². The SMILES string of the molecule is CC(Nc1cc(Br)ccc1C(F)(F)F)C(=O)N1CCCC1. The third-order valence-corrected chi connectivity index (χ3v) is 3.94. The van der Waals surface area contributed by atoms with E-state index in [0.717, 1.165) is 18.9 Å². The van der Waals surface area contributed by atoms with Crippen LogP contribution in [-0.2, 0) is 11.0 Å². The third-order valence-electron chi connectivity index (χ3n) is 3.45. The Balaban J connectivity index is 2.18. The molecule has 1 aromatic rings. The fourth-order valence-corrected chi connectivity index (χ4v) is 2.75. The average molecular weight is 365 g/mol. The van der Waals surface area contributed by atoms with Gasteiger partial charge in [-0.15, -0.1) is 0 Å². The number of likely N-dealkylation sites (tertiary alicyclic amines) is 1. The number of rotatable bonds is 3. The maximum absolute atomic E-state index is 13.0. The molecule has 1 heterocycles. The molecule has 21 heavy (non-hydrogen) atoms. The number of nitrogens with one attached hydrogen (secondary N) is 1. The molecule has 0 spiro atoms. The number of anilines is 1. The highest BCUT2D eigenvalue weighted by Gasteiger charge is 2.34. The van der Waals surface area contributed by atoms with Gasteiger partial charge in [0.2, 0.25) is 5.91 Å². The molecule has 1 aliphatic rings. The van der Waals surface area contributed by atoms with Crippen LogP contribution in [-0.4, -0.2) is 29.9 Å². The van der Waals surface area contributed by atoms with E-state index >= 15 is 0 Å². The molecule has 0 radical (unpaired) electrons. The Kier molecular flexibility index (Phi) is 4.81. The number of hydrogen-bond acceptors (Lipinski definition) is 2. The van der Waals surface area contributed by atoms with Crippen molar-refractivity contribution in [2.24, 2.45) is 0 Å². The van der Waals surface area contributed by atoms with E-state index in [0.29, 0.717) is 17.6 Å². The minimum atomic E-state index is -4.46. The first-order chi connectivity index (χ1) is 9.79. The molecular weight excluding hydrogens is 349 g/mol. The summed E-state index contributed by atoms with van der Waals surface area (Å²) < 4.78 is 39.5. The highest BCUT2D eigenvalue weighted by Crippen LogP contribution is 2.36. The second-order valence-corrected chi connectivity index (χ2v) is 6.00. The maximum atomic E-state index is 13.0. The largest absolute Gasteiger partial charge is 0.418 e. The minimum absolute atomic E-state index is 0.0862. The monoisotopic (exact) mass is 364 g/mol. The van der Waals surface area contributed by atoms with Crippen molar-refractivity contribution in [1.82, 2.24) is 4.90 Å². The quantitative estimate of drug-likeness (QED) is 0.882. The van der Waals surface area contributed by atoms with Crippen LogP contribution in [0.5, 0.6) is 0 Å². The van der Waals surface area contributed by atoms with Gasteiger partial charge in [0.25, 0.3) is 0 Å². The number of amides is 1. The molecule has 1 amide bonds. The van der Waals surface area contributed by atoms with Crippen LogP contribution in [0.1, 0.15) is 25.3 Å². The van der Waals surface area contributed by atoms with Crippen molar-refractivity contribution in [3.05, 3.63) is 28.2 Å². The molecule has 7 heteroatoms. The Morgan fingerprint density at radius 3 is 2.52 bits per heavy atom. The van der Waals surface area contributed by atoms with E-state index in [9.17, 15) is 18.0 Å². The summed E-state index contributed by atoms with van der Waals surface area (Å²) in [7, 11) is 0. The van der Waals surface area contributed by atoms with Crippen molar-refractivity contribution < 1.29 is 18.0 Å². The van der Waals surface area contributed by atoms with E-state index in [1.54, 1.807) is 11.8 Å². The predicted octanol–water partition coefficient (Wildman–Crippen LogP) is 3.89. The summed E-state index contributed by atoms with van der Waals surface area (Å²) in [6.45, 7) is 2.94. The third kappa shape index (κ3) is 3.90. The van der Waals surface area contributed by atoms with Gasteiger partial charge in [-0.05, 0) is 38.0 Å². The van der Waals surface area contributed by atoms with Gasteiger partial charge in [0.05, 0.1) is 5.56 Å². The lowest BCUT2D eigenvalue weighted by Gasteiger charge is -2.23. The Morgan fingerprint density at radius 1 is 1.33 bits per heavy atom. The average Bonchev–Trinajstić information content (AvgIpc) is 2.90. The second-order valence-electron chi connectivity index (χ2n) is 5.09. The molecule has 3 nitrogen and oxygen atoms in total. The first-order valence-corrected chi connectivity index (χ1v) is 7.50. The number of nitrogens with zero attached hydrogens (tertiary/aromatic N) is 1. The van der Waals surface area contributed by atoms with Crippen molar-refractivity contribution in [1.29, 1.82) is 0 Å². The van der Waals surface area contributed by atoms with E-state index in [1.807, 2.05) is 0 Å². The van der Waals surface area contributed by atoms with Crippen LogP contribution in [0.2, 0.25) is 0 Å². The zero-order chi connectivity index (χ0) is 15.6. The van der Waals surface area contributed by atoms with Crippen LogP contribution in [0, 0.1) is 0 Å². The molecule has 0 aromatic heterocycles. The van der Waals surface area contributed by atoms with Gasteiger partial charge in [0.1, 0.15) is 6.04 Å². The summed E-state index contributed by atoms with van der Waals surface area (Å²) in [5.74, 6) is -0.166. The van der Waals surface area contributed by atoms with E-state index in [1.165, 1.54) is 12.1 Å². The van der Waals surface area contributed by atoms with Crippen LogP contribution >= 0.6 is 15.9 Å².